The molecule has 0 aliphatic carbocycles. The lowest BCUT2D eigenvalue weighted by atomic mass is 10.1. The van der Waals surface area contributed by atoms with E-state index in [0.29, 0.717) is 5.69 Å². The molecular formula is C19H16N4O5. The number of hydrogen-bond donors (Lipinski definition) is 1. The maximum Gasteiger partial charge on any atom is 0.337 e. The van der Waals surface area contributed by atoms with E-state index in [2.05, 4.69) is 25.0 Å². The highest BCUT2D eigenvalue weighted by atomic mass is 16.5. The summed E-state index contributed by atoms with van der Waals surface area (Å²) in [5.41, 5.74) is 1.15. The molecule has 2 aromatic carbocycles. The fraction of sp³-hybridized carbons (Fsp3) is 0.105. The predicted molar refractivity (Wildman–Crippen MR) is 98.4 cm³/mol. The minimum absolute atomic E-state index is 0.0620. The molecule has 0 unspecified atom stereocenters. The van der Waals surface area contributed by atoms with Crippen molar-refractivity contribution in [3.05, 3.63) is 71.5 Å². The Morgan fingerprint density at radius 2 is 1.54 bits per heavy atom. The standard InChI is InChI=1S/C19H16N4O5/c1-27-18(25)12-8-13(19(26)28-2)10-14(9-12)21-17(24)16-11-20-23(22-16)15-6-4-3-5-7-15/h3-11H,1-2H3,(H,21,24). The third-order valence-corrected chi connectivity index (χ3v) is 3.74. The van der Waals surface area contributed by atoms with Gasteiger partial charge in [-0.2, -0.15) is 9.90 Å². The van der Waals surface area contributed by atoms with Crippen molar-refractivity contribution in [2.45, 2.75) is 0 Å². The van der Waals surface area contributed by atoms with Gasteiger partial charge in [0, 0.05) is 5.69 Å². The SMILES string of the molecule is COC(=O)c1cc(NC(=O)c2cnn(-c3ccccc3)n2)cc(C(=O)OC)c1. The number of benzene rings is 2. The summed E-state index contributed by atoms with van der Waals surface area (Å²) in [5.74, 6) is -1.87. The molecule has 3 aromatic rings. The maximum absolute atomic E-state index is 12.5. The van der Waals surface area contributed by atoms with Crippen molar-refractivity contribution in [3.63, 3.8) is 0 Å². The van der Waals surface area contributed by atoms with Gasteiger partial charge < -0.3 is 14.8 Å². The second-order valence-corrected chi connectivity index (χ2v) is 5.59. The number of nitrogens with zero attached hydrogens (tertiary/aromatic N) is 3. The highest BCUT2D eigenvalue weighted by Gasteiger charge is 2.17. The number of carbonyl (C=O) groups excluding carboxylic acids is 3. The summed E-state index contributed by atoms with van der Waals surface area (Å²) in [5, 5.41) is 10.8. The summed E-state index contributed by atoms with van der Waals surface area (Å²) in [7, 11) is 2.43. The molecule has 142 valence electrons. The van der Waals surface area contributed by atoms with Crippen LogP contribution in [-0.4, -0.2) is 47.1 Å². The average Bonchev–Trinajstić information content (AvgIpc) is 3.23. The van der Waals surface area contributed by atoms with Gasteiger partial charge in [-0.3, -0.25) is 4.79 Å². The fourth-order valence-electron chi connectivity index (χ4n) is 2.42. The lowest BCUT2D eigenvalue weighted by molar-refractivity contribution is 0.0599. The molecule has 0 aliphatic rings. The van der Waals surface area contributed by atoms with Crippen molar-refractivity contribution >= 4 is 23.5 Å². The van der Waals surface area contributed by atoms with Gasteiger partial charge in [0.15, 0.2) is 5.69 Å². The molecule has 0 fully saturated rings. The Morgan fingerprint density at radius 3 is 2.11 bits per heavy atom. The largest absolute Gasteiger partial charge is 0.465 e. The Balaban J connectivity index is 1.86. The molecule has 9 nitrogen and oxygen atoms in total. The van der Waals surface area contributed by atoms with Gasteiger partial charge in [-0.1, -0.05) is 18.2 Å². The minimum Gasteiger partial charge on any atom is -0.465 e. The number of methoxy groups -OCH3 is 2. The molecule has 9 heteroatoms. The highest BCUT2D eigenvalue weighted by Crippen LogP contribution is 2.18. The number of para-hydroxylation sites is 1. The molecule has 0 aliphatic heterocycles. The van der Waals surface area contributed by atoms with Gasteiger partial charge in [0.1, 0.15) is 0 Å². The van der Waals surface area contributed by atoms with Crippen LogP contribution in [-0.2, 0) is 9.47 Å². The number of ether oxygens (including phenoxy) is 2. The lowest BCUT2D eigenvalue weighted by Crippen LogP contribution is -2.15. The first kappa shape index (κ1) is 18.8. The molecule has 0 bridgehead atoms. The second kappa shape index (κ2) is 8.12. The van der Waals surface area contributed by atoms with E-state index in [1.807, 2.05) is 18.2 Å². The molecule has 1 amide bonds. The van der Waals surface area contributed by atoms with Crippen LogP contribution in [0.25, 0.3) is 5.69 Å². The van der Waals surface area contributed by atoms with E-state index in [-0.39, 0.29) is 22.5 Å². The molecule has 1 N–H and O–H groups in total. The van der Waals surface area contributed by atoms with E-state index in [0.717, 1.165) is 0 Å². The van der Waals surface area contributed by atoms with Gasteiger partial charge in [-0.15, -0.1) is 5.10 Å². The van der Waals surface area contributed by atoms with E-state index in [1.165, 1.54) is 43.4 Å². The van der Waals surface area contributed by atoms with Crippen LogP contribution in [0.3, 0.4) is 0 Å². The number of aromatic nitrogens is 3. The Morgan fingerprint density at radius 1 is 0.929 bits per heavy atom. The Hall–Kier alpha value is -4.01. The zero-order valence-corrected chi connectivity index (χ0v) is 15.1. The van der Waals surface area contributed by atoms with E-state index in [9.17, 15) is 14.4 Å². The number of nitrogens with one attached hydrogen (secondary N) is 1. The van der Waals surface area contributed by atoms with Crippen LogP contribution in [0.1, 0.15) is 31.2 Å². The van der Waals surface area contributed by atoms with Crippen molar-refractivity contribution in [3.8, 4) is 5.69 Å². The predicted octanol–water partition coefficient (Wildman–Crippen LogP) is 2.09. The van der Waals surface area contributed by atoms with Crippen molar-refractivity contribution in [2.75, 3.05) is 19.5 Å². The number of esters is 2. The fourth-order valence-corrected chi connectivity index (χ4v) is 2.42. The molecule has 0 spiro atoms. The third-order valence-electron chi connectivity index (χ3n) is 3.74. The first-order valence-electron chi connectivity index (χ1n) is 8.12. The van der Waals surface area contributed by atoms with Gasteiger partial charge in [0.2, 0.25) is 0 Å². The summed E-state index contributed by atoms with van der Waals surface area (Å²) < 4.78 is 9.34. The van der Waals surface area contributed by atoms with Crippen LogP contribution < -0.4 is 5.32 Å². The van der Waals surface area contributed by atoms with Crippen LogP contribution in [0.2, 0.25) is 0 Å². The molecule has 1 aromatic heterocycles. The molecule has 28 heavy (non-hydrogen) atoms. The van der Waals surface area contributed by atoms with E-state index in [4.69, 9.17) is 0 Å². The number of rotatable bonds is 5. The zero-order valence-electron chi connectivity index (χ0n) is 15.1. The molecule has 3 rings (SSSR count). The van der Waals surface area contributed by atoms with Gasteiger partial charge in [-0.25, -0.2) is 9.59 Å². The second-order valence-electron chi connectivity index (χ2n) is 5.59. The van der Waals surface area contributed by atoms with Crippen molar-refractivity contribution < 1.29 is 23.9 Å². The zero-order chi connectivity index (χ0) is 20.1. The summed E-state index contributed by atoms with van der Waals surface area (Å²) in [6.07, 6.45) is 1.31. The van der Waals surface area contributed by atoms with Gasteiger partial charge in [0.05, 0.1) is 37.2 Å². The molecule has 0 saturated heterocycles. The van der Waals surface area contributed by atoms with Gasteiger partial charge in [-0.05, 0) is 30.3 Å². The van der Waals surface area contributed by atoms with Crippen molar-refractivity contribution in [1.29, 1.82) is 0 Å². The van der Waals surface area contributed by atoms with Crippen LogP contribution >= 0.6 is 0 Å². The first-order chi connectivity index (χ1) is 13.5. The molecular weight excluding hydrogens is 364 g/mol. The summed E-state index contributed by atoms with van der Waals surface area (Å²) in [6, 6.07) is 13.2. The maximum atomic E-state index is 12.5. The number of carbonyl (C=O) groups is 3. The lowest BCUT2D eigenvalue weighted by Gasteiger charge is -2.08. The van der Waals surface area contributed by atoms with Gasteiger partial charge in [0.25, 0.3) is 5.91 Å². The third kappa shape index (κ3) is 4.04. The Labute approximate surface area is 159 Å². The first-order valence-corrected chi connectivity index (χ1v) is 8.12. The quantitative estimate of drug-likeness (QED) is 0.675. The van der Waals surface area contributed by atoms with Gasteiger partial charge >= 0.3 is 11.9 Å². The summed E-state index contributed by atoms with van der Waals surface area (Å²) in [6.45, 7) is 0. The molecule has 1 heterocycles. The minimum atomic E-state index is -0.656. The summed E-state index contributed by atoms with van der Waals surface area (Å²) >= 11 is 0. The van der Waals surface area contributed by atoms with Crippen LogP contribution in [0.15, 0.2) is 54.7 Å². The average molecular weight is 380 g/mol. The van der Waals surface area contributed by atoms with E-state index < -0.39 is 17.8 Å². The molecule has 0 radical (unpaired) electrons. The molecule has 0 atom stereocenters. The Kier molecular flexibility index (Phi) is 5.45. The number of hydrogen-bond acceptors (Lipinski definition) is 7. The number of amides is 1. The van der Waals surface area contributed by atoms with Crippen molar-refractivity contribution in [2.24, 2.45) is 0 Å². The number of anilines is 1. The topological polar surface area (TPSA) is 112 Å². The van der Waals surface area contributed by atoms with Crippen LogP contribution in [0.5, 0.6) is 0 Å². The molecule has 0 saturated carbocycles. The monoisotopic (exact) mass is 380 g/mol. The smallest absolute Gasteiger partial charge is 0.337 e. The van der Waals surface area contributed by atoms with Crippen LogP contribution in [0, 0.1) is 0 Å². The van der Waals surface area contributed by atoms with Crippen molar-refractivity contribution in [1.82, 2.24) is 15.0 Å². The summed E-state index contributed by atoms with van der Waals surface area (Å²) in [4.78, 5) is 37.5. The Bertz CT molecular complexity index is 996. The van der Waals surface area contributed by atoms with Crippen LogP contribution in [0.4, 0.5) is 5.69 Å². The van der Waals surface area contributed by atoms with E-state index in [1.54, 1.807) is 12.1 Å². The van der Waals surface area contributed by atoms with E-state index >= 15 is 0 Å². The highest BCUT2D eigenvalue weighted by molar-refractivity contribution is 6.04. The normalized spacial score (nSPS) is 10.2.